The zero-order valence-electron chi connectivity index (χ0n) is 13.0. The molecule has 0 aromatic heterocycles. The summed E-state index contributed by atoms with van der Waals surface area (Å²) < 4.78 is 1.02. The highest BCUT2D eigenvalue weighted by molar-refractivity contribution is 9.10. The van der Waals surface area contributed by atoms with E-state index in [1.165, 1.54) is 5.56 Å². The van der Waals surface area contributed by atoms with Crippen LogP contribution in [0, 0.1) is 12.8 Å². The Labute approximate surface area is 144 Å². The van der Waals surface area contributed by atoms with Gasteiger partial charge < -0.3 is 5.32 Å². The van der Waals surface area contributed by atoms with E-state index in [2.05, 4.69) is 51.2 Å². The number of benzene rings is 2. The second-order valence-electron chi connectivity index (χ2n) is 5.87. The lowest BCUT2D eigenvalue weighted by atomic mass is 9.94. The van der Waals surface area contributed by atoms with Crippen molar-refractivity contribution in [1.82, 2.24) is 16.2 Å². The molecule has 5 heteroatoms. The Kier molecular flexibility index (Phi) is 5.10. The molecule has 3 rings (SSSR count). The first-order valence-corrected chi connectivity index (χ1v) is 8.50. The van der Waals surface area contributed by atoms with Gasteiger partial charge in [-0.05, 0) is 30.2 Å². The summed E-state index contributed by atoms with van der Waals surface area (Å²) >= 11 is 3.48. The number of hydrogen-bond donors (Lipinski definition) is 3. The molecule has 0 radical (unpaired) electrons. The first-order chi connectivity index (χ1) is 11.1. The Morgan fingerprint density at radius 2 is 2.04 bits per heavy atom. The number of carbonyl (C=O) groups is 1. The van der Waals surface area contributed by atoms with Crippen molar-refractivity contribution < 1.29 is 4.79 Å². The lowest BCUT2D eigenvalue weighted by molar-refractivity contribution is -0.125. The van der Waals surface area contributed by atoms with E-state index in [1.807, 2.05) is 36.4 Å². The molecule has 1 aliphatic heterocycles. The molecule has 0 saturated carbocycles. The van der Waals surface area contributed by atoms with Gasteiger partial charge in [-0.2, -0.15) is 0 Å². The Morgan fingerprint density at radius 1 is 1.26 bits per heavy atom. The number of halogens is 1. The molecule has 0 aliphatic carbocycles. The highest BCUT2D eigenvalue weighted by Gasteiger charge is 2.33. The van der Waals surface area contributed by atoms with Crippen LogP contribution in [-0.2, 0) is 11.3 Å². The van der Waals surface area contributed by atoms with Gasteiger partial charge in [0.2, 0.25) is 5.91 Å². The number of nitrogens with one attached hydrogen (secondary N) is 3. The van der Waals surface area contributed by atoms with Gasteiger partial charge in [-0.25, -0.2) is 5.43 Å². The summed E-state index contributed by atoms with van der Waals surface area (Å²) in [7, 11) is 0. The lowest BCUT2D eigenvalue weighted by Crippen LogP contribution is -2.34. The van der Waals surface area contributed by atoms with Crippen LogP contribution in [0.2, 0.25) is 0 Å². The summed E-state index contributed by atoms with van der Waals surface area (Å²) in [6.45, 7) is 3.23. The highest BCUT2D eigenvalue weighted by atomic mass is 79.9. The van der Waals surface area contributed by atoms with E-state index in [4.69, 9.17) is 0 Å². The summed E-state index contributed by atoms with van der Waals surface area (Å²) in [4.78, 5) is 12.6. The van der Waals surface area contributed by atoms with Crippen LogP contribution >= 0.6 is 15.9 Å². The molecule has 2 aromatic rings. The largest absolute Gasteiger partial charge is 0.352 e. The minimum Gasteiger partial charge on any atom is -0.352 e. The van der Waals surface area contributed by atoms with Crippen LogP contribution in [0.4, 0.5) is 0 Å². The van der Waals surface area contributed by atoms with Crippen molar-refractivity contribution in [2.24, 2.45) is 5.92 Å². The van der Waals surface area contributed by atoms with E-state index in [1.54, 1.807) is 0 Å². The zero-order chi connectivity index (χ0) is 16.2. The standard InChI is InChI=1S/C18H20BrN3O/c1-12-5-7-13(8-6-12)10-20-18(23)16-11-21-22-17(16)14-3-2-4-15(19)9-14/h2-9,16-17,21-22H,10-11H2,1H3,(H,20,23). The van der Waals surface area contributed by atoms with E-state index in [-0.39, 0.29) is 17.9 Å². The molecule has 0 spiro atoms. The van der Waals surface area contributed by atoms with Crippen molar-refractivity contribution in [2.45, 2.75) is 19.5 Å². The van der Waals surface area contributed by atoms with Gasteiger partial charge in [0.05, 0.1) is 12.0 Å². The number of rotatable bonds is 4. The van der Waals surface area contributed by atoms with Gasteiger partial charge in [-0.15, -0.1) is 0 Å². The van der Waals surface area contributed by atoms with Gasteiger partial charge in [0, 0.05) is 17.6 Å². The topological polar surface area (TPSA) is 53.2 Å². The van der Waals surface area contributed by atoms with Crippen LogP contribution in [0.15, 0.2) is 53.0 Å². The lowest BCUT2D eigenvalue weighted by Gasteiger charge is -2.18. The molecule has 1 aliphatic rings. The second-order valence-corrected chi connectivity index (χ2v) is 6.78. The fourth-order valence-corrected chi connectivity index (χ4v) is 3.20. The number of aryl methyl sites for hydroxylation is 1. The third-order valence-electron chi connectivity index (χ3n) is 4.11. The van der Waals surface area contributed by atoms with Crippen molar-refractivity contribution in [3.63, 3.8) is 0 Å². The molecule has 0 bridgehead atoms. The second kappa shape index (κ2) is 7.25. The Balaban J connectivity index is 1.65. The Hall–Kier alpha value is -1.69. The number of amides is 1. The van der Waals surface area contributed by atoms with E-state index in [0.29, 0.717) is 13.1 Å². The predicted octanol–water partition coefficient (Wildman–Crippen LogP) is 2.84. The summed E-state index contributed by atoms with van der Waals surface area (Å²) in [6.07, 6.45) is 0. The molecule has 2 atom stereocenters. The summed E-state index contributed by atoms with van der Waals surface area (Å²) in [5.74, 6) is -0.0669. The van der Waals surface area contributed by atoms with Gasteiger partial charge in [0.25, 0.3) is 0 Å². The average molecular weight is 374 g/mol. The van der Waals surface area contributed by atoms with Gasteiger partial charge in [0.15, 0.2) is 0 Å². The van der Waals surface area contributed by atoms with Crippen molar-refractivity contribution in [1.29, 1.82) is 0 Å². The van der Waals surface area contributed by atoms with Crippen LogP contribution in [0.25, 0.3) is 0 Å². The molecule has 1 saturated heterocycles. The van der Waals surface area contributed by atoms with Crippen LogP contribution < -0.4 is 16.2 Å². The number of carbonyl (C=O) groups excluding carboxylic acids is 1. The molecule has 2 aromatic carbocycles. The first kappa shape index (κ1) is 16.2. The minimum absolute atomic E-state index is 0.0227. The molecule has 1 heterocycles. The van der Waals surface area contributed by atoms with Crippen molar-refractivity contribution in [2.75, 3.05) is 6.54 Å². The van der Waals surface area contributed by atoms with Crippen LogP contribution in [0.5, 0.6) is 0 Å². The smallest absolute Gasteiger partial charge is 0.226 e. The van der Waals surface area contributed by atoms with Crippen LogP contribution in [0.3, 0.4) is 0 Å². The molecule has 120 valence electrons. The first-order valence-electron chi connectivity index (χ1n) is 7.70. The maximum Gasteiger partial charge on any atom is 0.226 e. The van der Waals surface area contributed by atoms with E-state index in [0.717, 1.165) is 15.6 Å². The zero-order valence-corrected chi connectivity index (χ0v) is 14.6. The molecular formula is C18H20BrN3O. The maximum atomic E-state index is 12.6. The Bertz CT molecular complexity index is 687. The van der Waals surface area contributed by atoms with Gasteiger partial charge in [0.1, 0.15) is 0 Å². The molecule has 2 unspecified atom stereocenters. The molecular weight excluding hydrogens is 354 g/mol. The quantitative estimate of drug-likeness (QED) is 0.772. The van der Waals surface area contributed by atoms with Gasteiger partial charge >= 0.3 is 0 Å². The minimum atomic E-state index is -0.130. The third-order valence-corrected chi connectivity index (χ3v) is 4.61. The summed E-state index contributed by atoms with van der Waals surface area (Å²) in [5, 5.41) is 3.04. The summed E-state index contributed by atoms with van der Waals surface area (Å²) in [6, 6.07) is 16.2. The van der Waals surface area contributed by atoms with Gasteiger partial charge in [-0.1, -0.05) is 57.9 Å². The van der Waals surface area contributed by atoms with Crippen LogP contribution in [-0.4, -0.2) is 12.5 Å². The van der Waals surface area contributed by atoms with Crippen molar-refractivity contribution in [3.8, 4) is 0 Å². The molecule has 4 nitrogen and oxygen atoms in total. The highest BCUT2D eigenvalue weighted by Crippen LogP contribution is 2.27. The normalized spacial score (nSPS) is 20.4. The van der Waals surface area contributed by atoms with Gasteiger partial charge in [-0.3, -0.25) is 10.2 Å². The van der Waals surface area contributed by atoms with E-state index >= 15 is 0 Å². The van der Waals surface area contributed by atoms with E-state index < -0.39 is 0 Å². The molecule has 23 heavy (non-hydrogen) atoms. The Morgan fingerprint density at radius 3 is 2.78 bits per heavy atom. The van der Waals surface area contributed by atoms with Crippen molar-refractivity contribution >= 4 is 21.8 Å². The maximum absolute atomic E-state index is 12.6. The molecule has 1 fully saturated rings. The molecule has 1 amide bonds. The van der Waals surface area contributed by atoms with Crippen LogP contribution in [0.1, 0.15) is 22.7 Å². The number of hydrogen-bond acceptors (Lipinski definition) is 3. The fourth-order valence-electron chi connectivity index (χ4n) is 2.78. The average Bonchev–Trinajstić information content (AvgIpc) is 3.04. The molecule has 3 N–H and O–H groups in total. The monoisotopic (exact) mass is 373 g/mol. The predicted molar refractivity (Wildman–Crippen MR) is 94.5 cm³/mol. The van der Waals surface area contributed by atoms with E-state index in [9.17, 15) is 4.79 Å². The third kappa shape index (κ3) is 3.99. The van der Waals surface area contributed by atoms with Crippen molar-refractivity contribution in [3.05, 3.63) is 69.7 Å². The fraction of sp³-hybridized carbons (Fsp3) is 0.278. The number of hydrazine groups is 1. The summed E-state index contributed by atoms with van der Waals surface area (Å²) in [5.41, 5.74) is 9.74. The SMILES string of the molecule is Cc1ccc(CNC(=O)C2CNNC2c2cccc(Br)c2)cc1.